The average Bonchev–Trinajstić information content (AvgIpc) is 2.46. The van der Waals surface area contributed by atoms with Crippen LogP contribution in [0, 0.1) is 6.92 Å². The van der Waals surface area contributed by atoms with Crippen molar-refractivity contribution in [1.82, 2.24) is 14.6 Å². The van der Waals surface area contributed by atoms with Crippen molar-refractivity contribution >= 4 is 11.6 Å². The third-order valence-electron chi connectivity index (χ3n) is 1.88. The molecule has 0 N–H and O–H groups in total. The predicted octanol–water partition coefficient (Wildman–Crippen LogP) is 1.10. The van der Waals surface area contributed by atoms with Gasteiger partial charge in [0.15, 0.2) is 5.65 Å². The van der Waals surface area contributed by atoms with E-state index in [2.05, 4.69) is 10.1 Å². The SMILES string of the molecule is Cc1ccn2nc(N(C)C)nc2c1. The molecule has 4 heteroatoms. The maximum atomic E-state index is 4.35. The fraction of sp³-hybridized carbons (Fsp3) is 0.333. The van der Waals surface area contributed by atoms with E-state index in [0.29, 0.717) is 0 Å². The lowest BCUT2D eigenvalue weighted by atomic mass is 10.3. The highest BCUT2D eigenvalue weighted by molar-refractivity contribution is 5.45. The van der Waals surface area contributed by atoms with Crippen LogP contribution in [-0.4, -0.2) is 28.7 Å². The Bertz CT molecular complexity index is 430. The zero-order valence-electron chi connectivity index (χ0n) is 8.02. The van der Waals surface area contributed by atoms with Crippen LogP contribution in [0.1, 0.15) is 5.56 Å². The number of fused-ring (bicyclic) bond motifs is 1. The molecule has 68 valence electrons. The number of aryl methyl sites for hydroxylation is 1. The van der Waals surface area contributed by atoms with Crippen molar-refractivity contribution in [3.8, 4) is 0 Å². The van der Waals surface area contributed by atoms with Gasteiger partial charge in [-0.1, -0.05) is 0 Å². The van der Waals surface area contributed by atoms with Crippen molar-refractivity contribution in [3.05, 3.63) is 23.9 Å². The summed E-state index contributed by atoms with van der Waals surface area (Å²) in [4.78, 5) is 6.24. The van der Waals surface area contributed by atoms with E-state index < -0.39 is 0 Å². The van der Waals surface area contributed by atoms with Crippen molar-refractivity contribution in [2.75, 3.05) is 19.0 Å². The quantitative estimate of drug-likeness (QED) is 0.652. The molecule has 2 rings (SSSR count). The van der Waals surface area contributed by atoms with Gasteiger partial charge in [-0.05, 0) is 24.6 Å². The highest BCUT2D eigenvalue weighted by atomic mass is 15.4. The molecule has 13 heavy (non-hydrogen) atoms. The van der Waals surface area contributed by atoms with E-state index >= 15 is 0 Å². The molecule has 0 atom stereocenters. The van der Waals surface area contributed by atoms with Crippen LogP contribution in [0.3, 0.4) is 0 Å². The van der Waals surface area contributed by atoms with Crippen LogP contribution in [-0.2, 0) is 0 Å². The highest BCUT2D eigenvalue weighted by Crippen LogP contribution is 2.08. The Morgan fingerprint density at radius 2 is 2.15 bits per heavy atom. The second-order valence-electron chi connectivity index (χ2n) is 3.31. The first-order chi connectivity index (χ1) is 6.16. The molecule has 0 aliphatic carbocycles. The Hall–Kier alpha value is -1.58. The van der Waals surface area contributed by atoms with E-state index in [9.17, 15) is 0 Å². The largest absolute Gasteiger partial charge is 0.346 e. The Morgan fingerprint density at radius 1 is 1.38 bits per heavy atom. The zero-order valence-corrected chi connectivity index (χ0v) is 8.02. The number of aromatic nitrogens is 3. The summed E-state index contributed by atoms with van der Waals surface area (Å²) >= 11 is 0. The van der Waals surface area contributed by atoms with Crippen molar-refractivity contribution in [2.24, 2.45) is 0 Å². The van der Waals surface area contributed by atoms with E-state index in [-0.39, 0.29) is 0 Å². The molecular formula is C9H12N4. The average molecular weight is 176 g/mol. The first-order valence-electron chi connectivity index (χ1n) is 4.17. The molecule has 0 fully saturated rings. The number of pyridine rings is 1. The molecule has 0 aliphatic rings. The van der Waals surface area contributed by atoms with Gasteiger partial charge in [-0.15, -0.1) is 5.10 Å². The van der Waals surface area contributed by atoms with Gasteiger partial charge in [-0.25, -0.2) is 4.52 Å². The van der Waals surface area contributed by atoms with E-state index in [1.807, 2.05) is 44.2 Å². The van der Waals surface area contributed by atoms with Gasteiger partial charge < -0.3 is 4.90 Å². The van der Waals surface area contributed by atoms with Gasteiger partial charge >= 0.3 is 0 Å². The van der Waals surface area contributed by atoms with Crippen molar-refractivity contribution < 1.29 is 0 Å². The van der Waals surface area contributed by atoms with E-state index in [1.165, 1.54) is 5.56 Å². The normalized spacial score (nSPS) is 10.7. The second kappa shape index (κ2) is 2.73. The van der Waals surface area contributed by atoms with Crippen molar-refractivity contribution in [2.45, 2.75) is 6.92 Å². The lowest BCUT2D eigenvalue weighted by molar-refractivity contribution is 0.925. The summed E-state index contributed by atoms with van der Waals surface area (Å²) in [5.41, 5.74) is 2.09. The molecule has 0 spiro atoms. The Balaban J connectivity index is 2.62. The molecular weight excluding hydrogens is 164 g/mol. The van der Waals surface area contributed by atoms with Gasteiger partial charge in [0.1, 0.15) is 0 Å². The summed E-state index contributed by atoms with van der Waals surface area (Å²) in [5, 5.41) is 4.28. The maximum absolute atomic E-state index is 4.35. The van der Waals surface area contributed by atoms with E-state index in [0.717, 1.165) is 11.6 Å². The van der Waals surface area contributed by atoms with Gasteiger partial charge in [0.05, 0.1) is 0 Å². The molecule has 0 bridgehead atoms. The maximum Gasteiger partial charge on any atom is 0.245 e. The van der Waals surface area contributed by atoms with Gasteiger partial charge in [0, 0.05) is 20.3 Å². The fourth-order valence-corrected chi connectivity index (χ4v) is 1.16. The van der Waals surface area contributed by atoms with E-state index in [1.54, 1.807) is 4.52 Å². The van der Waals surface area contributed by atoms with Crippen molar-refractivity contribution in [3.63, 3.8) is 0 Å². The molecule has 0 amide bonds. The van der Waals surface area contributed by atoms with Gasteiger partial charge in [-0.2, -0.15) is 4.98 Å². The first kappa shape index (κ1) is 8.04. The molecule has 0 radical (unpaired) electrons. The first-order valence-corrected chi connectivity index (χ1v) is 4.17. The Kier molecular flexibility index (Phi) is 1.69. The minimum Gasteiger partial charge on any atom is -0.346 e. The van der Waals surface area contributed by atoms with Crippen LogP contribution < -0.4 is 4.90 Å². The smallest absolute Gasteiger partial charge is 0.245 e. The molecule has 0 aliphatic heterocycles. The summed E-state index contributed by atoms with van der Waals surface area (Å²) in [6.45, 7) is 2.05. The summed E-state index contributed by atoms with van der Waals surface area (Å²) in [7, 11) is 3.86. The van der Waals surface area contributed by atoms with Crippen LogP contribution >= 0.6 is 0 Å². The molecule has 4 nitrogen and oxygen atoms in total. The number of anilines is 1. The molecule has 0 saturated carbocycles. The molecule has 0 saturated heterocycles. The van der Waals surface area contributed by atoms with Crippen LogP contribution in [0.5, 0.6) is 0 Å². The van der Waals surface area contributed by atoms with Crippen LogP contribution in [0.2, 0.25) is 0 Å². The Labute approximate surface area is 76.8 Å². The van der Waals surface area contributed by atoms with Crippen molar-refractivity contribution in [1.29, 1.82) is 0 Å². The molecule has 2 aromatic rings. The van der Waals surface area contributed by atoms with Crippen LogP contribution in [0.15, 0.2) is 18.3 Å². The monoisotopic (exact) mass is 176 g/mol. The summed E-state index contributed by atoms with van der Waals surface area (Å²) in [5.74, 6) is 0.741. The van der Waals surface area contributed by atoms with E-state index in [4.69, 9.17) is 0 Å². The van der Waals surface area contributed by atoms with Gasteiger partial charge in [0.25, 0.3) is 0 Å². The second-order valence-corrected chi connectivity index (χ2v) is 3.31. The number of rotatable bonds is 1. The molecule has 2 heterocycles. The Morgan fingerprint density at radius 3 is 2.85 bits per heavy atom. The summed E-state index contributed by atoms with van der Waals surface area (Å²) in [6, 6.07) is 4.03. The lowest BCUT2D eigenvalue weighted by Crippen LogP contribution is -2.10. The standard InChI is InChI=1S/C9H12N4/c1-7-4-5-13-8(6-7)10-9(11-13)12(2)3/h4-6H,1-3H3. The lowest BCUT2D eigenvalue weighted by Gasteiger charge is -2.03. The molecule has 0 unspecified atom stereocenters. The number of hydrogen-bond donors (Lipinski definition) is 0. The molecule has 0 aromatic carbocycles. The van der Waals surface area contributed by atoms with Crippen LogP contribution in [0.25, 0.3) is 5.65 Å². The third kappa shape index (κ3) is 1.35. The summed E-state index contributed by atoms with van der Waals surface area (Å²) < 4.78 is 1.78. The van der Waals surface area contributed by atoms with Gasteiger partial charge in [0.2, 0.25) is 5.95 Å². The predicted molar refractivity (Wildman–Crippen MR) is 52.1 cm³/mol. The highest BCUT2D eigenvalue weighted by Gasteiger charge is 2.03. The van der Waals surface area contributed by atoms with Gasteiger partial charge in [-0.3, -0.25) is 0 Å². The zero-order chi connectivity index (χ0) is 9.42. The molecule has 2 aromatic heterocycles. The third-order valence-corrected chi connectivity index (χ3v) is 1.88. The minimum atomic E-state index is 0.741. The minimum absolute atomic E-state index is 0.741. The fourth-order valence-electron chi connectivity index (χ4n) is 1.16. The number of nitrogens with zero attached hydrogens (tertiary/aromatic N) is 4. The van der Waals surface area contributed by atoms with Crippen LogP contribution in [0.4, 0.5) is 5.95 Å². The number of hydrogen-bond acceptors (Lipinski definition) is 3. The topological polar surface area (TPSA) is 33.4 Å². The summed E-state index contributed by atoms with van der Waals surface area (Å²) in [6.07, 6.45) is 1.92.